The molecule has 1 atom stereocenters. The highest BCUT2D eigenvalue weighted by molar-refractivity contribution is 6.02. The number of aryl methyl sites for hydroxylation is 1. The molecule has 29 heavy (non-hydrogen) atoms. The topological polar surface area (TPSA) is 70.9 Å². The summed E-state index contributed by atoms with van der Waals surface area (Å²) >= 11 is 0. The van der Waals surface area contributed by atoms with Crippen molar-refractivity contribution >= 4 is 22.9 Å². The Bertz CT molecular complexity index is 1060. The van der Waals surface area contributed by atoms with Crippen LogP contribution in [-0.2, 0) is 4.79 Å². The van der Waals surface area contributed by atoms with Gasteiger partial charge in [-0.3, -0.25) is 4.79 Å². The maximum Gasteiger partial charge on any atom is 0.280 e. The van der Waals surface area contributed by atoms with E-state index < -0.39 is 6.10 Å². The van der Waals surface area contributed by atoms with Crippen LogP contribution in [0, 0.1) is 6.92 Å². The van der Waals surface area contributed by atoms with Gasteiger partial charge in [-0.25, -0.2) is 5.43 Å². The number of nitrogens with one attached hydrogen (secondary N) is 1. The van der Waals surface area contributed by atoms with E-state index in [4.69, 9.17) is 4.74 Å². The van der Waals surface area contributed by atoms with Crippen molar-refractivity contribution in [3.05, 3.63) is 71.3 Å². The zero-order chi connectivity index (χ0) is 21.0. The Labute approximate surface area is 171 Å². The summed E-state index contributed by atoms with van der Waals surface area (Å²) in [6, 6.07) is 17.2. The van der Waals surface area contributed by atoms with E-state index in [-0.39, 0.29) is 11.7 Å². The Morgan fingerprint density at radius 1 is 1.10 bits per heavy atom. The van der Waals surface area contributed by atoms with Crippen LogP contribution < -0.4 is 10.2 Å². The first-order valence-electron chi connectivity index (χ1n) is 9.67. The van der Waals surface area contributed by atoms with Crippen molar-refractivity contribution in [3.8, 4) is 11.5 Å². The summed E-state index contributed by atoms with van der Waals surface area (Å²) in [4.78, 5) is 12.4. The minimum atomic E-state index is -0.714. The Balaban J connectivity index is 1.70. The van der Waals surface area contributed by atoms with E-state index in [0.29, 0.717) is 17.2 Å². The molecule has 0 unspecified atom stereocenters. The minimum Gasteiger partial charge on any atom is -0.507 e. The van der Waals surface area contributed by atoms with Crippen molar-refractivity contribution in [2.45, 2.75) is 39.7 Å². The number of hydrogen-bond acceptors (Lipinski definition) is 4. The quantitative estimate of drug-likeness (QED) is 0.465. The van der Waals surface area contributed by atoms with E-state index in [2.05, 4.69) is 30.4 Å². The first kappa shape index (κ1) is 20.4. The van der Waals surface area contributed by atoms with Crippen molar-refractivity contribution < 1.29 is 14.6 Å². The SMILES string of the molecule is Cc1ccc(C(C)C)cc1O[C@H](C)C(=O)N/N=C\c1c(O)ccc2ccccc12. The fourth-order valence-electron chi connectivity index (χ4n) is 3.02. The van der Waals surface area contributed by atoms with E-state index in [9.17, 15) is 9.90 Å². The number of carbonyl (C=O) groups excluding carboxylic acids is 1. The van der Waals surface area contributed by atoms with Crippen LogP contribution >= 0.6 is 0 Å². The number of benzene rings is 3. The number of rotatable bonds is 6. The molecule has 0 fully saturated rings. The van der Waals surface area contributed by atoms with E-state index >= 15 is 0 Å². The zero-order valence-electron chi connectivity index (χ0n) is 17.1. The number of hydrogen-bond donors (Lipinski definition) is 2. The number of amides is 1. The zero-order valence-corrected chi connectivity index (χ0v) is 17.1. The van der Waals surface area contributed by atoms with Gasteiger partial charge in [-0.05, 0) is 53.8 Å². The van der Waals surface area contributed by atoms with Gasteiger partial charge in [0, 0.05) is 5.56 Å². The van der Waals surface area contributed by atoms with E-state index in [1.54, 1.807) is 13.0 Å². The van der Waals surface area contributed by atoms with Crippen LogP contribution in [0.5, 0.6) is 11.5 Å². The monoisotopic (exact) mass is 390 g/mol. The van der Waals surface area contributed by atoms with Gasteiger partial charge in [0.15, 0.2) is 6.10 Å². The van der Waals surface area contributed by atoms with E-state index in [0.717, 1.165) is 21.9 Å². The second-order valence-electron chi connectivity index (χ2n) is 7.39. The molecule has 0 aromatic heterocycles. The lowest BCUT2D eigenvalue weighted by molar-refractivity contribution is -0.127. The Hall–Kier alpha value is -3.34. The van der Waals surface area contributed by atoms with Crippen LogP contribution in [0.4, 0.5) is 0 Å². The fourth-order valence-corrected chi connectivity index (χ4v) is 3.02. The van der Waals surface area contributed by atoms with Gasteiger partial charge >= 0.3 is 0 Å². The molecule has 0 aliphatic heterocycles. The lowest BCUT2D eigenvalue weighted by Gasteiger charge is -2.17. The van der Waals surface area contributed by atoms with Gasteiger partial charge in [-0.15, -0.1) is 0 Å². The van der Waals surface area contributed by atoms with Crippen LogP contribution in [0.1, 0.15) is 43.4 Å². The van der Waals surface area contributed by atoms with E-state index in [1.807, 2.05) is 49.4 Å². The van der Waals surface area contributed by atoms with Gasteiger partial charge in [0.1, 0.15) is 11.5 Å². The molecule has 1 amide bonds. The molecule has 2 N–H and O–H groups in total. The number of carbonyl (C=O) groups is 1. The van der Waals surface area contributed by atoms with Crippen LogP contribution in [0.15, 0.2) is 59.7 Å². The molecule has 0 radical (unpaired) electrons. The second-order valence-corrected chi connectivity index (χ2v) is 7.39. The van der Waals surface area contributed by atoms with Crippen molar-refractivity contribution in [3.63, 3.8) is 0 Å². The minimum absolute atomic E-state index is 0.104. The summed E-state index contributed by atoms with van der Waals surface area (Å²) in [5.41, 5.74) is 5.17. The molecule has 5 nitrogen and oxygen atoms in total. The van der Waals surface area contributed by atoms with Gasteiger partial charge in [0.2, 0.25) is 0 Å². The van der Waals surface area contributed by atoms with Crippen molar-refractivity contribution in [1.29, 1.82) is 0 Å². The molecule has 0 aliphatic carbocycles. The normalized spacial score (nSPS) is 12.4. The molecular weight excluding hydrogens is 364 g/mol. The summed E-state index contributed by atoms with van der Waals surface area (Å²) in [7, 11) is 0. The molecule has 0 heterocycles. The molecule has 0 bridgehead atoms. The number of phenols is 1. The second kappa shape index (κ2) is 8.78. The maximum atomic E-state index is 12.4. The highest BCUT2D eigenvalue weighted by Crippen LogP contribution is 2.26. The average molecular weight is 390 g/mol. The summed E-state index contributed by atoms with van der Waals surface area (Å²) in [5, 5.41) is 16.0. The molecule has 5 heteroatoms. The molecule has 0 spiro atoms. The van der Waals surface area contributed by atoms with Gasteiger partial charge < -0.3 is 9.84 Å². The van der Waals surface area contributed by atoms with E-state index in [1.165, 1.54) is 6.21 Å². The number of ether oxygens (including phenoxy) is 1. The molecule has 0 saturated heterocycles. The molecule has 3 rings (SSSR count). The first-order valence-corrected chi connectivity index (χ1v) is 9.67. The van der Waals surface area contributed by atoms with Crippen molar-refractivity contribution in [2.24, 2.45) is 5.10 Å². The largest absolute Gasteiger partial charge is 0.507 e. The molecule has 0 saturated carbocycles. The van der Waals surface area contributed by atoms with Crippen LogP contribution in [0.2, 0.25) is 0 Å². The summed E-state index contributed by atoms with van der Waals surface area (Å²) in [6.07, 6.45) is 0.738. The van der Waals surface area contributed by atoms with Crippen LogP contribution in [0.25, 0.3) is 10.8 Å². The van der Waals surface area contributed by atoms with Crippen LogP contribution in [-0.4, -0.2) is 23.3 Å². The fraction of sp³-hybridized carbons (Fsp3) is 0.250. The van der Waals surface area contributed by atoms with Crippen molar-refractivity contribution in [1.82, 2.24) is 5.43 Å². The summed E-state index contributed by atoms with van der Waals surface area (Å²) in [6.45, 7) is 7.86. The highest BCUT2D eigenvalue weighted by Gasteiger charge is 2.16. The van der Waals surface area contributed by atoms with Gasteiger partial charge in [-0.1, -0.05) is 56.3 Å². The molecule has 0 aliphatic rings. The lowest BCUT2D eigenvalue weighted by atomic mass is 10.0. The van der Waals surface area contributed by atoms with Gasteiger partial charge in [-0.2, -0.15) is 5.10 Å². The number of fused-ring (bicyclic) bond motifs is 1. The molecular formula is C24H26N2O3. The molecule has 3 aromatic rings. The van der Waals surface area contributed by atoms with Gasteiger partial charge in [0.25, 0.3) is 5.91 Å². The summed E-state index contributed by atoms with van der Waals surface area (Å²) in [5.74, 6) is 0.803. The van der Waals surface area contributed by atoms with Crippen molar-refractivity contribution in [2.75, 3.05) is 0 Å². The lowest BCUT2D eigenvalue weighted by Crippen LogP contribution is -2.33. The Morgan fingerprint density at radius 3 is 2.62 bits per heavy atom. The smallest absolute Gasteiger partial charge is 0.280 e. The summed E-state index contributed by atoms with van der Waals surface area (Å²) < 4.78 is 5.86. The number of nitrogens with zero attached hydrogens (tertiary/aromatic N) is 1. The standard InChI is InChI=1S/C24H26N2O3/c1-15(2)19-10-9-16(3)23(13-19)29-17(4)24(28)26-25-14-21-20-8-6-5-7-18(20)11-12-22(21)27/h5-15,17,27H,1-4H3,(H,26,28)/b25-14-/t17-/m1/s1. The molecule has 150 valence electrons. The van der Waals surface area contributed by atoms with Crippen LogP contribution in [0.3, 0.4) is 0 Å². The number of hydrazone groups is 1. The third-order valence-corrected chi connectivity index (χ3v) is 4.87. The predicted octanol–water partition coefficient (Wildman–Crippen LogP) is 4.89. The maximum absolute atomic E-state index is 12.4. The Kier molecular flexibility index (Phi) is 6.17. The first-order chi connectivity index (χ1) is 13.9. The third-order valence-electron chi connectivity index (χ3n) is 4.87. The number of aromatic hydroxyl groups is 1. The van der Waals surface area contributed by atoms with Gasteiger partial charge in [0.05, 0.1) is 6.21 Å². The Morgan fingerprint density at radius 2 is 1.86 bits per heavy atom. The number of phenolic OH excluding ortho intramolecular Hbond substituents is 1. The average Bonchev–Trinajstić information content (AvgIpc) is 2.70. The highest BCUT2D eigenvalue weighted by atomic mass is 16.5. The third kappa shape index (κ3) is 4.74. The predicted molar refractivity (Wildman–Crippen MR) is 117 cm³/mol. The molecule has 3 aromatic carbocycles.